The number of pyridine rings is 1. The maximum absolute atomic E-state index is 5.89. The van der Waals surface area contributed by atoms with Crippen LogP contribution in [0.2, 0.25) is 0 Å². The lowest BCUT2D eigenvalue weighted by atomic mass is 10.0. The molecule has 0 aliphatic carbocycles. The van der Waals surface area contributed by atoms with Gasteiger partial charge in [0.1, 0.15) is 5.76 Å². The van der Waals surface area contributed by atoms with Gasteiger partial charge in [-0.1, -0.05) is 6.07 Å². The average Bonchev–Trinajstić information content (AvgIpc) is 3.53. The highest BCUT2D eigenvalue weighted by molar-refractivity contribution is 7.80. The van der Waals surface area contributed by atoms with Crippen molar-refractivity contribution in [1.82, 2.24) is 19.8 Å². The van der Waals surface area contributed by atoms with Crippen LogP contribution in [0.15, 0.2) is 65.5 Å². The number of hydrogen-bond donors (Lipinski definition) is 1. The van der Waals surface area contributed by atoms with Crippen molar-refractivity contribution in [1.29, 1.82) is 0 Å². The van der Waals surface area contributed by atoms with Gasteiger partial charge in [-0.25, -0.2) is 0 Å². The van der Waals surface area contributed by atoms with E-state index >= 15 is 0 Å². The van der Waals surface area contributed by atoms with Gasteiger partial charge in [0.15, 0.2) is 5.11 Å². The third-order valence-electron chi connectivity index (χ3n) is 5.70. The molecule has 2 fully saturated rings. The van der Waals surface area contributed by atoms with E-state index in [1.54, 1.807) is 6.26 Å². The van der Waals surface area contributed by atoms with Crippen LogP contribution in [0, 0.1) is 0 Å². The topological polar surface area (TPSA) is 55.5 Å². The van der Waals surface area contributed by atoms with Gasteiger partial charge in [-0.3, -0.25) is 4.98 Å². The molecule has 0 radical (unpaired) electrons. The first kappa shape index (κ1) is 18.4. The molecule has 7 heteroatoms. The second kappa shape index (κ2) is 8.00. The second-order valence-corrected chi connectivity index (χ2v) is 7.94. The Morgan fingerprint density at radius 3 is 2.90 bits per heavy atom. The first-order valence-electron chi connectivity index (χ1n) is 10.1. The van der Waals surface area contributed by atoms with Crippen LogP contribution >= 0.6 is 12.2 Å². The van der Waals surface area contributed by atoms with Gasteiger partial charge in [-0.15, -0.1) is 0 Å². The summed E-state index contributed by atoms with van der Waals surface area (Å²) in [5.74, 6) is 0.887. The number of nitrogens with zero attached hydrogens (tertiary/aromatic N) is 3. The molecule has 5 rings (SSSR count). The Hall–Kier alpha value is -2.64. The molecule has 2 saturated heterocycles. The van der Waals surface area contributed by atoms with Crippen molar-refractivity contribution in [3.63, 3.8) is 0 Å². The lowest BCUT2D eigenvalue weighted by Crippen LogP contribution is -2.30. The van der Waals surface area contributed by atoms with Crippen LogP contribution in [-0.2, 0) is 17.8 Å². The molecule has 0 aromatic carbocycles. The lowest BCUT2D eigenvalue weighted by molar-refractivity contribution is 0.0952. The van der Waals surface area contributed by atoms with Gasteiger partial charge in [0, 0.05) is 31.2 Å². The fourth-order valence-corrected chi connectivity index (χ4v) is 4.64. The number of aromatic nitrogens is 2. The van der Waals surface area contributed by atoms with E-state index < -0.39 is 0 Å². The normalized spacial score (nSPS) is 24.2. The summed E-state index contributed by atoms with van der Waals surface area (Å²) >= 11 is 5.74. The van der Waals surface area contributed by atoms with Crippen LogP contribution in [0.5, 0.6) is 0 Å². The number of rotatable bonds is 6. The molecular weight excluding hydrogens is 384 g/mol. The fourth-order valence-electron chi connectivity index (χ4n) is 4.34. The first-order valence-corrected chi connectivity index (χ1v) is 10.5. The quantitative estimate of drug-likeness (QED) is 0.626. The Morgan fingerprint density at radius 1 is 1.17 bits per heavy atom. The molecule has 0 unspecified atom stereocenters. The van der Waals surface area contributed by atoms with Crippen molar-refractivity contribution in [3.05, 3.63) is 78.3 Å². The molecule has 2 aliphatic heterocycles. The number of furan rings is 1. The van der Waals surface area contributed by atoms with E-state index in [2.05, 4.69) is 44.2 Å². The Balaban J connectivity index is 1.51. The molecular formula is C22H24N4O2S. The summed E-state index contributed by atoms with van der Waals surface area (Å²) in [4.78, 5) is 6.82. The Labute approximate surface area is 175 Å². The molecule has 5 heterocycles. The van der Waals surface area contributed by atoms with Gasteiger partial charge in [-0.2, -0.15) is 0 Å². The van der Waals surface area contributed by atoms with Gasteiger partial charge in [0.05, 0.1) is 36.7 Å². The fraction of sp³-hybridized carbons (Fsp3) is 0.364. The SMILES string of the molecule is S=C1N[C@H](c2ccccn2)[C@@H](c2cccn2C[C@H]2CCCO2)N1Cc1ccco1. The van der Waals surface area contributed by atoms with Gasteiger partial charge in [-0.05, 0) is 61.5 Å². The molecule has 150 valence electrons. The summed E-state index contributed by atoms with van der Waals surface area (Å²) < 4.78 is 13.8. The molecule has 29 heavy (non-hydrogen) atoms. The smallest absolute Gasteiger partial charge is 0.170 e. The van der Waals surface area contributed by atoms with Crippen LogP contribution in [0.1, 0.15) is 42.1 Å². The van der Waals surface area contributed by atoms with Crippen molar-refractivity contribution >= 4 is 17.3 Å². The summed E-state index contributed by atoms with van der Waals surface area (Å²) in [6, 6.07) is 14.2. The van der Waals surface area contributed by atoms with Gasteiger partial charge >= 0.3 is 0 Å². The first-order chi connectivity index (χ1) is 14.3. The molecule has 0 saturated carbocycles. The van der Waals surface area contributed by atoms with Gasteiger partial charge in [0.25, 0.3) is 0 Å². The summed E-state index contributed by atoms with van der Waals surface area (Å²) in [6.45, 7) is 2.32. The van der Waals surface area contributed by atoms with Gasteiger partial charge in [0.2, 0.25) is 0 Å². The molecule has 3 aromatic rings. The minimum Gasteiger partial charge on any atom is -0.467 e. The lowest BCUT2D eigenvalue weighted by Gasteiger charge is -2.28. The summed E-state index contributed by atoms with van der Waals surface area (Å²) in [7, 11) is 0. The second-order valence-electron chi connectivity index (χ2n) is 7.55. The highest BCUT2D eigenvalue weighted by atomic mass is 32.1. The zero-order valence-corrected chi connectivity index (χ0v) is 16.9. The van der Waals surface area contributed by atoms with Gasteiger partial charge < -0.3 is 23.9 Å². The van der Waals surface area contributed by atoms with E-state index in [0.717, 1.165) is 37.4 Å². The van der Waals surface area contributed by atoms with E-state index in [1.807, 2.05) is 30.5 Å². The minimum absolute atomic E-state index is 0.0129. The zero-order chi connectivity index (χ0) is 19.6. The number of thiocarbonyl (C=S) groups is 1. The Kier molecular flexibility index (Phi) is 5.08. The molecule has 3 aromatic heterocycles. The van der Waals surface area contributed by atoms with E-state index in [-0.39, 0.29) is 18.2 Å². The van der Waals surface area contributed by atoms with Crippen LogP contribution in [-0.4, -0.2) is 32.3 Å². The number of hydrogen-bond acceptors (Lipinski definition) is 4. The Bertz CT molecular complexity index is 950. The van der Waals surface area contributed by atoms with Crippen LogP contribution in [0.4, 0.5) is 0 Å². The van der Waals surface area contributed by atoms with Crippen molar-refractivity contribution in [3.8, 4) is 0 Å². The summed E-state index contributed by atoms with van der Waals surface area (Å²) in [5.41, 5.74) is 2.18. The largest absolute Gasteiger partial charge is 0.467 e. The van der Waals surface area contributed by atoms with E-state index in [0.29, 0.717) is 11.7 Å². The van der Waals surface area contributed by atoms with Crippen molar-refractivity contribution < 1.29 is 9.15 Å². The average molecular weight is 409 g/mol. The van der Waals surface area contributed by atoms with Crippen molar-refractivity contribution in [2.45, 2.75) is 44.1 Å². The van der Waals surface area contributed by atoms with Crippen molar-refractivity contribution in [2.24, 2.45) is 0 Å². The van der Waals surface area contributed by atoms with E-state index in [4.69, 9.17) is 21.4 Å². The third-order valence-corrected chi connectivity index (χ3v) is 6.05. The maximum atomic E-state index is 5.89. The predicted molar refractivity (Wildman–Crippen MR) is 113 cm³/mol. The Morgan fingerprint density at radius 2 is 2.14 bits per heavy atom. The number of nitrogens with one attached hydrogen (secondary N) is 1. The molecule has 0 spiro atoms. The highest BCUT2D eigenvalue weighted by Crippen LogP contribution is 2.39. The summed E-state index contributed by atoms with van der Waals surface area (Å²) in [6.07, 6.45) is 8.19. The van der Waals surface area contributed by atoms with Crippen LogP contribution in [0.25, 0.3) is 0 Å². The standard InChI is InChI=1S/C22H24N4O2S/c29-22-24-20(18-8-1-2-10-23-18)21(26(22)15-17-7-5-13-28-17)19-9-3-11-25(19)14-16-6-4-12-27-16/h1-3,5,7-11,13,16,20-21H,4,6,12,14-15H2,(H,24,29)/t16-,20-,21-/m1/s1. The van der Waals surface area contributed by atoms with E-state index in [9.17, 15) is 0 Å². The zero-order valence-electron chi connectivity index (χ0n) is 16.1. The molecule has 6 nitrogen and oxygen atoms in total. The molecule has 3 atom stereocenters. The summed E-state index contributed by atoms with van der Waals surface area (Å²) in [5, 5.41) is 4.22. The van der Waals surface area contributed by atoms with Crippen molar-refractivity contribution in [2.75, 3.05) is 6.61 Å². The molecule has 0 bridgehead atoms. The van der Waals surface area contributed by atoms with Crippen LogP contribution in [0.3, 0.4) is 0 Å². The number of ether oxygens (including phenoxy) is 1. The minimum atomic E-state index is -0.0307. The van der Waals surface area contributed by atoms with Crippen LogP contribution < -0.4 is 5.32 Å². The predicted octanol–water partition coefficient (Wildman–Crippen LogP) is 3.83. The monoisotopic (exact) mass is 408 g/mol. The third kappa shape index (κ3) is 3.68. The highest BCUT2D eigenvalue weighted by Gasteiger charge is 2.41. The molecule has 0 amide bonds. The molecule has 1 N–H and O–H groups in total. The maximum Gasteiger partial charge on any atom is 0.170 e. The molecule has 2 aliphatic rings. The van der Waals surface area contributed by atoms with E-state index in [1.165, 1.54) is 5.69 Å².